The average molecular weight is 395 g/mol. The molecule has 148 valence electrons. The van der Waals surface area contributed by atoms with Crippen molar-refractivity contribution in [2.24, 2.45) is 0 Å². The second kappa shape index (κ2) is 9.66. The highest BCUT2D eigenvalue weighted by Gasteiger charge is 2.15. The molecular weight excluding hydrogens is 378 g/mol. The summed E-state index contributed by atoms with van der Waals surface area (Å²) in [6, 6.07) is 12.4. The zero-order valence-electron chi connectivity index (χ0n) is 15.7. The molecule has 0 unspecified atom stereocenters. The molecule has 0 heterocycles. The summed E-state index contributed by atoms with van der Waals surface area (Å²) in [5, 5.41) is 22.5. The number of carbonyl (C=O) groups excluding carboxylic acids is 2. The van der Waals surface area contributed by atoms with E-state index in [9.17, 15) is 19.7 Å². The van der Waals surface area contributed by atoms with Crippen LogP contribution in [-0.2, 0) is 14.3 Å². The molecule has 0 aliphatic heterocycles. The van der Waals surface area contributed by atoms with Crippen LogP contribution in [-0.4, -0.2) is 30.5 Å². The third kappa shape index (κ3) is 5.90. The lowest BCUT2D eigenvalue weighted by atomic mass is 10.1. The summed E-state index contributed by atoms with van der Waals surface area (Å²) < 4.78 is 9.89. The number of nitriles is 1. The van der Waals surface area contributed by atoms with E-state index in [0.29, 0.717) is 16.9 Å². The van der Waals surface area contributed by atoms with Gasteiger partial charge in [-0.25, -0.2) is 4.79 Å². The summed E-state index contributed by atoms with van der Waals surface area (Å²) in [7, 11) is 1.52. The van der Waals surface area contributed by atoms with E-state index in [2.05, 4.69) is 5.32 Å². The van der Waals surface area contributed by atoms with Crippen LogP contribution in [0.25, 0.3) is 6.08 Å². The number of nitro benzene ring substituents is 1. The number of nitrogens with one attached hydrogen (secondary N) is 1. The monoisotopic (exact) mass is 395 g/mol. The normalized spacial score (nSPS) is 10.6. The van der Waals surface area contributed by atoms with Gasteiger partial charge in [0, 0.05) is 12.1 Å². The predicted molar refractivity (Wildman–Crippen MR) is 104 cm³/mol. The fourth-order valence-electron chi connectivity index (χ4n) is 2.26. The van der Waals surface area contributed by atoms with Crippen molar-refractivity contribution in [1.82, 2.24) is 0 Å². The van der Waals surface area contributed by atoms with E-state index in [4.69, 9.17) is 14.7 Å². The molecule has 1 N–H and O–H groups in total. The maximum Gasteiger partial charge on any atom is 0.349 e. The number of rotatable bonds is 7. The number of nitro groups is 1. The number of ether oxygens (including phenoxy) is 2. The highest BCUT2D eigenvalue weighted by molar-refractivity contribution is 6.00. The van der Waals surface area contributed by atoms with Crippen LogP contribution in [0.4, 0.5) is 11.4 Å². The van der Waals surface area contributed by atoms with Gasteiger partial charge in [0.15, 0.2) is 6.61 Å². The van der Waals surface area contributed by atoms with Gasteiger partial charge in [-0.3, -0.25) is 14.9 Å². The molecule has 0 atom stereocenters. The average Bonchev–Trinajstić information content (AvgIpc) is 2.72. The van der Waals surface area contributed by atoms with E-state index in [0.717, 1.165) is 0 Å². The van der Waals surface area contributed by atoms with Gasteiger partial charge in [-0.1, -0.05) is 18.2 Å². The van der Waals surface area contributed by atoms with Gasteiger partial charge < -0.3 is 14.8 Å². The molecule has 0 aliphatic carbocycles. The summed E-state index contributed by atoms with van der Waals surface area (Å²) >= 11 is 0. The maximum atomic E-state index is 12.1. The zero-order valence-corrected chi connectivity index (χ0v) is 15.7. The lowest BCUT2D eigenvalue weighted by Crippen LogP contribution is -2.21. The Morgan fingerprint density at radius 2 is 1.93 bits per heavy atom. The van der Waals surface area contributed by atoms with Crippen LogP contribution >= 0.6 is 0 Å². The molecule has 2 rings (SSSR count). The number of non-ortho nitro benzene ring substituents is 1. The fourth-order valence-corrected chi connectivity index (χ4v) is 2.26. The molecule has 9 nitrogen and oxygen atoms in total. The summed E-state index contributed by atoms with van der Waals surface area (Å²) in [5.41, 5.74) is 0.949. The molecule has 0 saturated carbocycles. The van der Waals surface area contributed by atoms with Crippen molar-refractivity contribution >= 4 is 29.3 Å². The van der Waals surface area contributed by atoms with Gasteiger partial charge in [-0.2, -0.15) is 5.26 Å². The number of anilines is 1. The molecular formula is C20H17N3O6. The van der Waals surface area contributed by atoms with E-state index < -0.39 is 23.4 Å². The van der Waals surface area contributed by atoms with Crippen LogP contribution < -0.4 is 10.1 Å². The third-order valence-corrected chi connectivity index (χ3v) is 3.81. The molecule has 29 heavy (non-hydrogen) atoms. The van der Waals surface area contributed by atoms with Crippen molar-refractivity contribution in [2.45, 2.75) is 6.92 Å². The highest BCUT2D eigenvalue weighted by Crippen LogP contribution is 2.21. The van der Waals surface area contributed by atoms with Crippen molar-refractivity contribution in [3.8, 4) is 11.8 Å². The minimum Gasteiger partial charge on any atom is -0.497 e. The van der Waals surface area contributed by atoms with E-state index in [1.165, 1.54) is 31.4 Å². The topological polar surface area (TPSA) is 132 Å². The highest BCUT2D eigenvalue weighted by atomic mass is 16.6. The van der Waals surface area contributed by atoms with Crippen molar-refractivity contribution in [3.05, 3.63) is 69.3 Å². The second-order valence-corrected chi connectivity index (χ2v) is 5.82. The lowest BCUT2D eigenvalue weighted by Gasteiger charge is -2.08. The minimum absolute atomic E-state index is 0.183. The Morgan fingerprint density at radius 3 is 2.52 bits per heavy atom. The first-order valence-electron chi connectivity index (χ1n) is 8.32. The molecule has 9 heteroatoms. The van der Waals surface area contributed by atoms with Crippen molar-refractivity contribution in [1.29, 1.82) is 5.26 Å². The fraction of sp³-hybridized carbons (Fsp3) is 0.150. The van der Waals surface area contributed by atoms with Gasteiger partial charge in [0.05, 0.1) is 17.7 Å². The van der Waals surface area contributed by atoms with Crippen molar-refractivity contribution in [3.63, 3.8) is 0 Å². The van der Waals surface area contributed by atoms with E-state index in [1.54, 1.807) is 37.3 Å². The molecule has 1 amide bonds. The number of hydrogen-bond donors (Lipinski definition) is 1. The summed E-state index contributed by atoms with van der Waals surface area (Å²) in [5.74, 6) is -1.03. The minimum atomic E-state index is -0.964. The largest absolute Gasteiger partial charge is 0.497 e. The maximum absolute atomic E-state index is 12.1. The zero-order chi connectivity index (χ0) is 21.4. The van der Waals surface area contributed by atoms with E-state index >= 15 is 0 Å². The number of esters is 1. The Bertz CT molecular complexity index is 1010. The summed E-state index contributed by atoms with van der Waals surface area (Å²) in [6.45, 7) is 1.01. The first-order valence-corrected chi connectivity index (χ1v) is 8.32. The quantitative estimate of drug-likeness (QED) is 0.251. The smallest absolute Gasteiger partial charge is 0.349 e. The summed E-state index contributed by atoms with van der Waals surface area (Å²) in [6.07, 6.45) is 1.32. The van der Waals surface area contributed by atoms with Gasteiger partial charge >= 0.3 is 5.97 Å². The van der Waals surface area contributed by atoms with Crippen LogP contribution in [0, 0.1) is 28.4 Å². The molecule has 0 aliphatic rings. The SMILES string of the molecule is COc1ccc(/C=C(\C#N)C(=O)OCC(=O)Nc2cc([N+](=O)[O-])ccc2C)cc1. The molecule has 2 aromatic carbocycles. The number of nitrogens with zero attached hydrogens (tertiary/aromatic N) is 2. The number of benzene rings is 2. The second-order valence-electron chi connectivity index (χ2n) is 5.82. The number of carbonyl (C=O) groups is 2. The number of amides is 1. The first-order chi connectivity index (χ1) is 13.8. The Morgan fingerprint density at radius 1 is 1.24 bits per heavy atom. The first kappa shape index (κ1) is 21.1. The molecule has 0 spiro atoms. The molecule has 2 aromatic rings. The van der Waals surface area contributed by atoms with Gasteiger partial charge in [0.25, 0.3) is 11.6 Å². The van der Waals surface area contributed by atoms with Crippen LogP contribution in [0.2, 0.25) is 0 Å². The molecule has 0 aromatic heterocycles. The Hall–Kier alpha value is -4.19. The van der Waals surface area contributed by atoms with Crippen molar-refractivity contribution in [2.75, 3.05) is 19.0 Å². The van der Waals surface area contributed by atoms with E-state index in [-0.39, 0.29) is 16.9 Å². The Kier molecular flexibility index (Phi) is 7.03. The van der Waals surface area contributed by atoms with Crippen molar-refractivity contribution < 1.29 is 24.0 Å². The van der Waals surface area contributed by atoms with Gasteiger partial charge in [0.2, 0.25) is 0 Å². The Labute approximate surface area is 166 Å². The Balaban J connectivity index is 2.00. The predicted octanol–water partition coefficient (Wildman–Crippen LogP) is 3.00. The molecule has 0 bridgehead atoms. The third-order valence-electron chi connectivity index (χ3n) is 3.81. The molecule has 0 radical (unpaired) electrons. The molecule has 0 fully saturated rings. The van der Waals surface area contributed by atoms with Gasteiger partial charge in [-0.05, 0) is 36.3 Å². The van der Waals surface area contributed by atoms with Crippen LogP contribution in [0.15, 0.2) is 48.0 Å². The number of methoxy groups -OCH3 is 1. The van der Waals surface area contributed by atoms with Crippen LogP contribution in [0.1, 0.15) is 11.1 Å². The number of hydrogen-bond acceptors (Lipinski definition) is 7. The summed E-state index contributed by atoms with van der Waals surface area (Å²) in [4.78, 5) is 34.3. The standard InChI is InChI=1S/C20H17N3O6/c1-13-3-6-16(23(26)27)10-18(13)22-19(24)12-29-20(25)15(11-21)9-14-4-7-17(28-2)8-5-14/h3-10H,12H2,1-2H3,(H,22,24)/b15-9+. The number of aryl methyl sites for hydroxylation is 1. The van der Waals surface area contributed by atoms with Gasteiger partial charge in [-0.15, -0.1) is 0 Å². The molecule has 0 saturated heterocycles. The van der Waals surface area contributed by atoms with Gasteiger partial charge in [0.1, 0.15) is 17.4 Å². The van der Waals surface area contributed by atoms with E-state index in [1.807, 2.05) is 0 Å². The van der Waals surface area contributed by atoms with Crippen LogP contribution in [0.5, 0.6) is 5.75 Å². The lowest BCUT2D eigenvalue weighted by molar-refractivity contribution is -0.384. The van der Waals surface area contributed by atoms with Crippen LogP contribution in [0.3, 0.4) is 0 Å².